The maximum absolute atomic E-state index is 12.0. The van der Waals surface area contributed by atoms with Gasteiger partial charge < -0.3 is 15.8 Å². The van der Waals surface area contributed by atoms with Gasteiger partial charge in [0.05, 0.1) is 11.8 Å². The average Bonchev–Trinajstić information content (AvgIpc) is 2.65. The molecular formula is C11H20N4O2. The van der Waals surface area contributed by atoms with Crippen molar-refractivity contribution in [3.63, 3.8) is 0 Å². The van der Waals surface area contributed by atoms with Crippen LogP contribution in [0, 0.1) is 6.92 Å². The Hall–Kier alpha value is -1.40. The second-order valence-electron chi connectivity index (χ2n) is 3.95. The fourth-order valence-corrected chi connectivity index (χ4v) is 1.49. The summed E-state index contributed by atoms with van der Waals surface area (Å²) in [5, 5.41) is 6.91. The molecule has 17 heavy (non-hydrogen) atoms. The molecule has 1 atom stereocenters. The molecule has 0 aliphatic carbocycles. The topological polar surface area (TPSA) is 82.2 Å². The quantitative estimate of drug-likeness (QED) is 0.723. The third-order valence-electron chi connectivity index (χ3n) is 2.77. The van der Waals surface area contributed by atoms with E-state index in [2.05, 4.69) is 10.4 Å². The fraction of sp³-hybridized carbons (Fsp3) is 0.636. The monoisotopic (exact) mass is 240 g/mol. The summed E-state index contributed by atoms with van der Waals surface area (Å²) in [6.07, 6.45) is 2.27. The molecule has 0 aliphatic heterocycles. The van der Waals surface area contributed by atoms with Gasteiger partial charge in [0.15, 0.2) is 0 Å². The maximum atomic E-state index is 12.0. The largest absolute Gasteiger partial charge is 0.385 e. The smallest absolute Gasteiger partial charge is 0.255 e. The van der Waals surface area contributed by atoms with Crippen LogP contribution in [0.4, 0.5) is 0 Å². The van der Waals surface area contributed by atoms with Crippen molar-refractivity contribution in [2.24, 2.45) is 12.8 Å². The summed E-state index contributed by atoms with van der Waals surface area (Å²) < 4.78 is 6.63. The summed E-state index contributed by atoms with van der Waals surface area (Å²) in [5.41, 5.74) is 7.02. The van der Waals surface area contributed by atoms with Crippen molar-refractivity contribution >= 4 is 5.91 Å². The molecule has 0 radical (unpaired) electrons. The van der Waals surface area contributed by atoms with Gasteiger partial charge in [-0.2, -0.15) is 5.10 Å². The standard InChI is InChI=1S/C11H20N4O2/c1-8-10(7-13-15(8)2)11(16)14-9(6-12)4-5-17-3/h7,9H,4-6,12H2,1-3H3,(H,14,16). The number of methoxy groups -OCH3 is 1. The van der Waals surface area contributed by atoms with Crippen LogP contribution >= 0.6 is 0 Å². The summed E-state index contributed by atoms with van der Waals surface area (Å²) in [5.74, 6) is -0.137. The van der Waals surface area contributed by atoms with E-state index in [1.165, 1.54) is 0 Å². The first kappa shape index (κ1) is 13.7. The van der Waals surface area contributed by atoms with Crippen LogP contribution in [0.1, 0.15) is 22.5 Å². The molecular weight excluding hydrogens is 220 g/mol. The minimum Gasteiger partial charge on any atom is -0.385 e. The number of carbonyl (C=O) groups excluding carboxylic acids is 1. The molecule has 0 bridgehead atoms. The lowest BCUT2D eigenvalue weighted by Gasteiger charge is -2.16. The van der Waals surface area contributed by atoms with E-state index >= 15 is 0 Å². The van der Waals surface area contributed by atoms with Crippen molar-refractivity contribution in [2.75, 3.05) is 20.3 Å². The van der Waals surface area contributed by atoms with E-state index in [1.807, 2.05) is 6.92 Å². The summed E-state index contributed by atoms with van der Waals surface area (Å²) in [6, 6.07) is -0.0675. The molecule has 96 valence electrons. The van der Waals surface area contributed by atoms with Crippen LogP contribution in [0.3, 0.4) is 0 Å². The zero-order valence-corrected chi connectivity index (χ0v) is 10.6. The third kappa shape index (κ3) is 3.54. The van der Waals surface area contributed by atoms with Crippen LogP contribution in [-0.2, 0) is 11.8 Å². The number of hydrogen-bond acceptors (Lipinski definition) is 4. The van der Waals surface area contributed by atoms with Crippen LogP contribution in [0.25, 0.3) is 0 Å². The number of carbonyl (C=O) groups is 1. The summed E-state index contributed by atoms with van der Waals surface area (Å²) in [7, 11) is 3.43. The predicted molar refractivity (Wildman–Crippen MR) is 64.7 cm³/mol. The summed E-state index contributed by atoms with van der Waals surface area (Å²) >= 11 is 0. The highest BCUT2D eigenvalue weighted by molar-refractivity contribution is 5.95. The van der Waals surface area contributed by atoms with Crippen molar-refractivity contribution < 1.29 is 9.53 Å². The lowest BCUT2D eigenvalue weighted by Crippen LogP contribution is -2.41. The molecule has 1 amide bonds. The van der Waals surface area contributed by atoms with Gasteiger partial charge in [0.25, 0.3) is 5.91 Å². The van der Waals surface area contributed by atoms with Gasteiger partial charge in [-0.15, -0.1) is 0 Å². The lowest BCUT2D eigenvalue weighted by atomic mass is 10.2. The number of aromatic nitrogens is 2. The average molecular weight is 240 g/mol. The van der Waals surface area contributed by atoms with Crippen LogP contribution in [-0.4, -0.2) is 42.0 Å². The first-order chi connectivity index (χ1) is 8.10. The van der Waals surface area contributed by atoms with Crippen molar-refractivity contribution in [1.29, 1.82) is 0 Å². The zero-order valence-electron chi connectivity index (χ0n) is 10.6. The second kappa shape index (κ2) is 6.36. The molecule has 3 N–H and O–H groups in total. The molecule has 1 aromatic rings. The fourth-order valence-electron chi connectivity index (χ4n) is 1.49. The number of rotatable bonds is 6. The van der Waals surface area contributed by atoms with Gasteiger partial charge in [-0.1, -0.05) is 0 Å². The number of nitrogens with zero attached hydrogens (tertiary/aromatic N) is 2. The van der Waals surface area contributed by atoms with Gasteiger partial charge in [-0.3, -0.25) is 9.48 Å². The van der Waals surface area contributed by atoms with Crippen LogP contribution in [0.2, 0.25) is 0 Å². The highest BCUT2D eigenvalue weighted by atomic mass is 16.5. The Balaban J connectivity index is 2.61. The molecule has 0 spiro atoms. The molecule has 1 aromatic heterocycles. The molecule has 6 nitrogen and oxygen atoms in total. The summed E-state index contributed by atoms with van der Waals surface area (Å²) in [4.78, 5) is 12.0. The van der Waals surface area contributed by atoms with Crippen molar-refractivity contribution in [2.45, 2.75) is 19.4 Å². The van der Waals surface area contributed by atoms with Crippen molar-refractivity contribution in [3.8, 4) is 0 Å². The molecule has 1 rings (SSSR count). The maximum Gasteiger partial charge on any atom is 0.255 e. The minimum atomic E-state index is -0.137. The Morgan fingerprint density at radius 1 is 1.71 bits per heavy atom. The Kier molecular flexibility index (Phi) is 5.11. The first-order valence-corrected chi connectivity index (χ1v) is 5.58. The molecule has 1 heterocycles. The van der Waals surface area contributed by atoms with E-state index in [-0.39, 0.29) is 11.9 Å². The Labute approximate surface area is 101 Å². The van der Waals surface area contributed by atoms with Gasteiger partial charge in [-0.25, -0.2) is 0 Å². The number of amides is 1. The van der Waals surface area contributed by atoms with E-state index < -0.39 is 0 Å². The second-order valence-corrected chi connectivity index (χ2v) is 3.95. The number of nitrogens with one attached hydrogen (secondary N) is 1. The molecule has 0 saturated heterocycles. The van der Waals surface area contributed by atoms with Crippen molar-refractivity contribution in [1.82, 2.24) is 15.1 Å². The highest BCUT2D eigenvalue weighted by Gasteiger charge is 2.16. The van der Waals surface area contributed by atoms with Crippen LogP contribution in [0.5, 0.6) is 0 Å². The number of nitrogens with two attached hydrogens (primary N) is 1. The van der Waals surface area contributed by atoms with E-state index in [1.54, 1.807) is 25.0 Å². The lowest BCUT2D eigenvalue weighted by molar-refractivity contribution is 0.0926. The molecule has 0 aromatic carbocycles. The van der Waals surface area contributed by atoms with Crippen molar-refractivity contribution in [3.05, 3.63) is 17.5 Å². The Bertz CT molecular complexity index is 376. The van der Waals surface area contributed by atoms with Gasteiger partial charge in [0, 0.05) is 39.0 Å². The molecule has 0 saturated carbocycles. The first-order valence-electron chi connectivity index (χ1n) is 5.58. The highest BCUT2D eigenvalue weighted by Crippen LogP contribution is 2.06. The Morgan fingerprint density at radius 2 is 2.41 bits per heavy atom. The van der Waals surface area contributed by atoms with Gasteiger partial charge in [-0.05, 0) is 13.3 Å². The molecule has 6 heteroatoms. The Morgan fingerprint density at radius 3 is 2.88 bits per heavy atom. The van der Waals surface area contributed by atoms with Crippen LogP contribution in [0.15, 0.2) is 6.20 Å². The normalized spacial score (nSPS) is 12.5. The minimum absolute atomic E-state index is 0.0675. The zero-order chi connectivity index (χ0) is 12.8. The van der Waals surface area contributed by atoms with E-state index in [0.717, 1.165) is 5.69 Å². The van der Waals surface area contributed by atoms with E-state index in [9.17, 15) is 4.79 Å². The van der Waals surface area contributed by atoms with E-state index in [0.29, 0.717) is 25.1 Å². The molecule has 0 aliphatic rings. The molecule has 0 fully saturated rings. The summed E-state index contributed by atoms with van der Waals surface area (Å²) in [6.45, 7) is 2.83. The number of hydrogen-bond donors (Lipinski definition) is 2. The third-order valence-corrected chi connectivity index (χ3v) is 2.77. The van der Waals surface area contributed by atoms with Crippen LogP contribution < -0.4 is 11.1 Å². The van der Waals surface area contributed by atoms with Gasteiger partial charge in [0.2, 0.25) is 0 Å². The number of aryl methyl sites for hydroxylation is 1. The molecule has 1 unspecified atom stereocenters. The van der Waals surface area contributed by atoms with Gasteiger partial charge in [0.1, 0.15) is 0 Å². The number of ether oxygens (including phenoxy) is 1. The van der Waals surface area contributed by atoms with E-state index in [4.69, 9.17) is 10.5 Å². The van der Waals surface area contributed by atoms with Gasteiger partial charge >= 0.3 is 0 Å². The SMILES string of the molecule is COCCC(CN)NC(=O)c1cnn(C)c1C. The predicted octanol–water partition coefficient (Wildman–Crippen LogP) is -0.178.